The molecule has 0 aromatic carbocycles. The Labute approximate surface area is 44.9 Å². The zero-order valence-corrected chi connectivity index (χ0v) is 3.94. The number of hydrogen-bond donors (Lipinski definition) is 1. The van der Waals surface area contributed by atoms with Crippen LogP contribution >= 0.6 is 0 Å². The normalized spacial score (nSPS) is 22.8. The lowest BCUT2D eigenvalue weighted by atomic mass is 10.5. The highest BCUT2D eigenvalue weighted by Crippen LogP contribution is 2.16. The number of alkyl halides is 2. The fourth-order valence-electron chi connectivity index (χ4n) is 0.358. The maximum Gasteiger partial charge on any atom is 0.365 e. The molecule has 0 bridgehead atoms. The second-order valence-corrected chi connectivity index (χ2v) is 1.35. The molecule has 0 fully saturated rings. The molecule has 0 aromatic rings. The molecule has 1 N–H and O–H groups in total. The van der Waals surface area contributed by atoms with Gasteiger partial charge in [-0.15, -0.1) is 0 Å². The third-order valence-corrected chi connectivity index (χ3v) is 0.691. The number of nitrogens with zero attached hydrogens (tertiary/aromatic N) is 1. The molecular formula is C4H4F2N2. The zero-order valence-electron chi connectivity index (χ0n) is 3.94. The Bertz CT molecular complexity index is 125. The van der Waals surface area contributed by atoms with Crippen molar-refractivity contribution in [2.45, 2.75) is 6.05 Å². The van der Waals surface area contributed by atoms with Crippen molar-refractivity contribution in [3.63, 3.8) is 0 Å². The van der Waals surface area contributed by atoms with Crippen molar-refractivity contribution in [3.05, 3.63) is 12.3 Å². The molecule has 0 aromatic heterocycles. The van der Waals surface area contributed by atoms with Gasteiger partial charge in [0.05, 0.1) is 6.34 Å². The van der Waals surface area contributed by atoms with E-state index in [9.17, 15) is 8.78 Å². The third-order valence-electron chi connectivity index (χ3n) is 0.691. The van der Waals surface area contributed by atoms with E-state index in [4.69, 9.17) is 0 Å². The Kier molecular flexibility index (Phi) is 1.00. The van der Waals surface area contributed by atoms with Gasteiger partial charge in [-0.05, 0) is 0 Å². The Hall–Kier alpha value is -0.930. The summed E-state index contributed by atoms with van der Waals surface area (Å²) in [4.78, 5) is 2.81. The average Bonchev–Trinajstić information content (AvgIpc) is 1.65. The summed E-state index contributed by atoms with van der Waals surface area (Å²) >= 11 is 0. The SMILES string of the molecule is FC1(F)C=CNC=N1. The van der Waals surface area contributed by atoms with E-state index >= 15 is 0 Å². The van der Waals surface area contributed by atoms with Crippen molar-refractivity contribution in [1.29, 1.82) is 0 Å². The van der Waals surface area contributed by atoms with Crippen molar-refractivity contribution in [2.75, 3.05) is 0 Å². The quantitative estimate of drug-likeness (QED) is 0.466. The van der Waals surface area contributed by atoms with E-state index in [1.165, 1.54) is 0 Å². The van der Waals surface area contributed by atoms with Gasteiger partial charge in [0, 0.05) is 12.3 Å². The Morgan fingerprint density at radius 3 is 2.50 bits per heavy atom. The minimum atomic E-state index is -2.99. The van der Waals surface area contributed by atoms with Gasteiger partial charge in [0.1, 0.15) is 0 Å². The Morgan fingerprint density at radius 2 is 2.25 bits per heavy atom. The van der Waals surface area contributed by atoms with Gasteiger partial charge in [0.25, 0.3) is 0 Å². The molecule has 0 unspecified atom stereocenters. The van der Waals surface area contributed by atoms with Crippen molar-refractivity contribution >= 4 is 6.34 Å². The molecule has 0 amide bonds. The number of halogens is 2. The smallest absolute Gasteiger partial charge is 0.353 e. The van der Waals surface area contributed by atoms with Gasteiger partial charge >= 0.3 is 6.05 Å². The molecule has 0 atom stereocenters. The summed E-state index contributed by atoms with van der Waals surface area (Å²) in [7, 11) is 0. The molecule has 44 valence electrons. The van der Waals surface area contributed by atoms with Crippen LogP contribution in [0.3, 0.4) is 0 Å². The maximum atomic E-state index is 11.9. The topological polar surface area (TPSA) is 24.4 Å². The first-order chi connectivity index (χ1) is 3.71. The van der Waals surface area contributed by atoms with Crippen LogP contribution in [0.1, 0.15) is 0 Å². The van der Waals surface area contributed by atoms with Gasteiger partial charge in [0.15, 0.2) is 0 Å². The fraction of sp³-hybridized carbons (Fsp3) is 0.250. The molecule has 0 spiro atoms. The molecule has 4 heteroatoms. The number of aliphatic imine (C=N–C) groups is 1. The molecule has 1 rings (SSSR count). The predicted molar refractivity (Wildman–Crippen MR) is 25.7 cm³/mol. The highest BCUT2D eigenvalue weighted by Gasteiger charge is 2.23. The van der Waals surface area contributed by atoms with Gasteiger partial charge < -0.3 is 5.32 Å². The summed E-state index contributed by atoms with van der Waals surface area (Å²) in [5.74, 6) is 0. The lowest BCUT2D eigenvalue weighted by molar-refractivity contribution is 0.0645. The number of rotatable bonds is 0. The summed E-state index contributed by atoms with van der Waals surface area (Å²) in [6, 6.07) is -2.99. The molecule has 1 aliphatic heterocycles. The van der Waals surface area contributed by atoms with Gasteiger partial charge in [0.2, 0.25) is 0 Å². The van der Waals surface area contributed by atoms with Crippen LogP contribution in [0, 0.1) is 0 Å². The predicted octanol–water partition coefficient (Wildman–Crippen LogP) is 0.724. The largest absolute Gasteiger partial charge is 0.365 e. The first-order valence-corrected chi connectivity index (χ1v) is 2.06. The van der Waals surface area contributed by atoms with Crippen LogP contribution in [-0.2, 0) is 0 Å². The van der Waals surface area contributed by atoms with Gasteiger partial charge in [-0.25, -0.2) is 4.99 Å². The van der Waals surface area contributed by atoms with E-state index in [1.807, 2.05) is 0 Å². The van der Waals surface area contributed by atoms with Crippen LogP contribution in [0.25, 0.3) is 0 Å². The van der Waals surface area contributed by atoms with Crippen LogP contribution in [0.4, 0.5) is 8.78 Å². The molecule has 0 saturated carbocycles. The first-order valence-electron chi connectivity index (χ1n) is 2.06. The standard InChI is InChI=1S/C4H4F2N2/c5-4(6)1-2-7-3-8-4/h1-3H,(H,7,8). The van der Waals surface area contributed by atoms with Crippen molar-refractivity contribution < 1.29 is 8.78 Å². The van der Waals surface area contributed by atoms with Crippen molar-refractivity contribution in [3.8, 4) is 0 Å². The van der Waals surface area contributed by atoms with Crippen LogP contribution in [0.2, 0.25) is 0 Å². The summed E-state index contributed by atoms with van der Waals surface area (Å²) in [5, 5.41) is 2.39. The highest BCUT2D eigenvalue weighted by molar-refractivity contribution is 5.57. The van der Waals surface area contributed by atoms with E-state index in [-0.39, 0.29) is 0 Å². The minimum absolute atomic E-state index is 0.688. The molecule has 0 saturated heterocycles. The zero-order chi connectivity index (χ0) is 6.04. The highest BCUT2D eigenvalue weighted by atomic mass is 19.3. The van der Waals surface area contributed by atoms with Gasteiger partial charge in [-0.1, -0.05) is 0 Å². The average molecular weight is 118 g/mol. The molecule has 0 aliphatic carbocycles. The molecule has 2 nitrogen and oxygen atoms in total. The summed E-state index contributed by atoms with van der Waals surface area (Å²) in [6.07, 6.45) is 2.79. The van der Waals surface area contributed by atoms with E-state index in [0.717, 1.165) is 12.5 Å². The molecule has 0 radical (unpaired) electrons. The maximum absolute atomic E-state index is 11.9. The van der Waals surface area contributed by atoms with Crippen LogP contribution in [-0.4, -0.2) is 12.4 Å². The Morgan fingerprint density at radius 1 is 1.50 bits per heavy atom. The summed E-state index contributed by atoms with van der Waals surface area (Å²) in [6.45, 7) is 0. The second-order valence-electron chi connectivity index (χ2n) is 1.35. The lowest BCUT2D eigenvalue weighted by Gasteiger charge is -2.07. The molecular weight excluding hydrogens is 114 g/mol. The van der Waals surface area contributed by atoms with Crippen molar-refractivity contribution in [1.82, 2.24) is 5.32 Å². The molecule has 8 heavy (non-hydrogen) atoms. The van der Waals surface area contributed by atoms with Gasteiger partial charge in [-0.2, -0.15) is 8.78 Å². The third kappa shape index (κ3) is 1.02. The first kappa shape index (κ1) is 5.21. The molecule has 1 aliphatic rings. The van der Waals surface area contributed by atoms with E-state index in [0.29, 0.717) is 6.08 Å². The van der Waals surface area contributed by atoms with Crippen LogP contribution < -0.4 is 5.32 Å². The lowest BCUT2D eigenvalue weighted by Crippen LogP contribution is -2.18. The van der Waals surface area contributed by atoms with E-state index < -0.39 is 6.05 Å². The van der Waals surface area contributed by atoms with E-state index in [1.54, 1.807) is 0 Å². The second kappa shape index (κ2) is 1.54. The van der Waals surface area contributed by atoms with E-state index in [2.05, 4.69) is 10.3 Å². The number of hydrogen-bond acceptors (Lipinski definition) is 2. The van der Waals surface area contributed by atoms with Crippen LogP contribution in [0.15, 0.2) is 17.3 Å². The molecule has 1 heterocycles. The summed E-state index contributed by atoms with van der Waals surface area (Å²) in [5.41, 5.74) is 0. The van der Waals surface area contributed by atoms with Crippen LogP contribution in [0.5, 0.6) is 0 Å². The van der Waals surface area contributed by atoms with Crippen molar-refractivity contribution in [2.24, 2.45) is 4.99 Å². The Balaban J connectivity index is 2.69. The fourth-order valence-corrected chi connectivity index (χ4v) is 0.358. The number of nitrogens with one attached hydrogen (secondary N) is 1. The summed E-state index contributed by atoms with van der Waals surface area (Å²) < 4.78 is 23.8. The monoisotopic (exact) mass is 118 g/mol. The minimum Gasteiger partial charge on any atom is -0.353 e. The van der Waals surface area contributed by atoms with Gasteiger partial charge in [-0.3, -0.25) is 0 Å².